The van der Waals surface area contributed by atoms with Gasteiger partial charge in [0.1, 0.15) is 22.9 Å². The predicted octanol–water partition coefficient (Wildman–Crippen LogP) is 6.69. The van der Waals surface area contributed by atoms with Crippen molar-refractivity contribution in [2.75, 3.05) is 18.1 Å². The summed E-state index contributed by atoms with van der Waals surface area (Å²) in [5, 5.41) is 0.339. The Morgan fingerprint density at radius 1 is 1.13 bits per heavy atom. The smallest absolute Gasteiger partial charge is 0.414 e. The summed E-state index contributed by atoms with van der Waals surface area (Å²) in [7, 11) is 0. The van der Waals surface area contributed by atoms with E-state index in [-0.39, 0.29) is 17.3 Å². The van der Waals surface area contributed by atoms with Gasteiger partial charge in [0, 0.05) is 23.7 Å². The lowest BCUT2D eigenvalue weighted by atomic mass is 9.90. The Hall–Kier alpha value is -3.26. The highest BCUT2D eigenvalue weighted by Gasteiger charge is 2.41. The van der Waals surface area contributed by atoms with Crippen LogP contribution in [0.5, 0.6) is 5.88 Å². The third kappa shape index (κ3) is 6.98. The molecular weight excluding hydrogens is 507 g/mol. The zero-order valence-corrected chi connectivity index (χ0v) is 23.3. The quantitative estimate of drug-likeness (QED) is 0.234. The number of carbonyl (C=O) groups is 1. The van der Waals surface area contributed by atoms with E-state index in [0.29, 0.717) is 30.6 Å². The van der Waals surface area contributed by atoms with E-state index >= 15 is 0 Å². The van der Waals surface area contributed by atoms with Crippen LogP contribution in [-0.2, 0) is 23.0 Å². The lowest BCUT2D eigenvalue weighted by Crippen LogP contribution is -2.38. The summed E-state index contributed by atoms with van der Waals surface area (Å²) in [5.74, 6) is 0.172. The molecule has 202 valence electrons. The van der Waals surface area contributed by atoms with Crippen LogP contribution in [0.15, 0.2) is 42.7 Å². The molecule has 38 heavy (non-hydrogen) atoms. The highest BCUT2D eigenvalue weighted by molar-refractivity contribution is 6.29. The normalized spacial score (nSPS) is 14.3. The number of halogens is 2. The van der Waals surface area contributed by atoms with Crippen molar-refractivity contribution < 1.29 is 18.7 Å². The van der Waals surface area contributed by atoms with Crippen molar-refractivity contribution in [3.63, 3.8) is 0 Å². The first-order valence-electron chi connectivity index (χ1n) is 12.8. The Labute approximate surface area is 228 Å². The van der Waals surface area contributed by atoms with Crippen LogP contribution < -0.4 is 9.64 Å². The predicted molar refractivity (Wildman–Crippen MR) is 146 cm³/mol. The van der Waals surface area contributed by atoms with Gasteiger partial charge < -0.3 is 9.47 Å². The molecule has 0 bridgehead atoms. The number of hydrogen-bond acceptors (Lipinski definition) is 6. The monoisotopic (exact) mass is 540 g/mol. The number of hydrogen-bond donors (Lipinski definition) is 0. The average Bonchev–Trinajstić information content (AvgIpc) is 3.09. The molecule has 0 saturated heterocycles. The standard InChI is InChI=1S/C29H34ClFN4O3/c1-28(2,3)38-27(36)35-17-29(4,5)26-23(35)15-20(14-19-9-11-21(31)12-10-19)22(34-26)8-6-7-13-37-25-16-24(30)32-18-33-25/h9-12,15-16,18H,6-8,13-14,17H2,1-5H3. The van der Waals surface area contributed by atoms with Crippen molar-refractivity contribution >= 4 is 23.4 Å². The number of nitrogens with zero attached hydrogens (tertiary/aromatic N) is 4. The van der Waals surface area contributed by atoms with E-state index < -0.39 is 5.60 Å². The molecule has 0 aliphatic carbocycles. The van der Waals surface area contributed by atoms with Gasteiger partial charge in [-0.3, -0.25) is 9.88 Å². The van der Waals surface area contributed by atoms with Crippen molar-refractivity contribution in [3.05, 3.63) is 76.2 Å². The summed E-state index contributed by atoms with van der Waals surface area (Å²) >= 11 is 5.90. The van der Waals surface area contributed by atoms with Crippen LogP contribution in [-0.4, -0.2) is 39.8 Å². The maximum Gasteiger partial charge on any atom is 0.414 e. The molecule has 0 unspecified atom stereocenters. The molecular formula is C29H34ClFN4O3. The molecule has 0 spiro atoms. The molecule has 0 fully saturated rings. The molecule has 1 aliphatic heterocycles. The Morgan fingerprint density at radius 2 is 1.87 bits per heavy atom. The van der Waals surface area contributed by atoms with E-state index in [1.165, 1.54) is 18.5 Å². The topological polar surface area (TPSA) is 77.4 Å². The van der Waals surface area contributed by atoms with Gasteiger partial charge in [0.2, 0.25) is 5.88 Å². The van der Waals surface area contributed by atoms with Crippen molar-refractivity contribution in [2.24, 2.45) is 0 Å². The largest absolute Gasteiger partial charge is 0.478 e. The van der Waals surface area contributed by atoms with Gasteiger partial charge in [-0.2, -0.15) is 0 Å². The summed E-state index contributed by atoms with van der Waals surface area (Å²) < 4.78 is 24.9. The first-order chi connectivity index (χ1) is 17.9. The van der Waals surface area contributed by atoms with Crippen LogP contribution in [0.4, 0.5) is 14.9 Å². The molecule has 1 aromatic carbocycles. The minimum atomic E-state index is -0.604. The van der Waals surface area contributed by atoms with Crippen LogP contribution in [0.2, 0.25) is 5.15 Å². The van der Waals surface area contributed by atoms with E-state index in [9.17, 15) is 9.18 Å². The van der Waals surface area contributed by atoms with Gasteiger partial charge in [0.05, 0.1) is 18.0 Å². The molecule has 0 N–H and O–H groups in total. The van der Waals surface area contributed by atoms with Crippen LogP contribution in [0.3, 0.4) is 0 Å². The number of fused-ring (bicyclic) bond motifs is 1. The van der Waals surface area contributed by atoms with Gasteiger partial charge in [0.25, 0.3) is 0 Å². The van der Waals surface area contributed by atoms with Crippen LogP contribution in [0.25, 0.3) is 0 Å². The Balaban J connectivity index is 1.56. The second-order valence-corrected chi connectivity index (χ2v) is 11.6. The molecule has 3 heterocycles. The molecule has 0 saturated carbocycles. The molecule has 4 rings (SSSR count). The summed E-state index contributed by atoms with van der Waals surface area (Å²) in [4.78, 5) is 27.8. The number of unbranched alkanes of at least 4 members (excludes halogenated alkanes) is 1. The Morgan fingerprint density at radius 3 is 2.55 bits per heavy atom. The maximum absolute atomic E-state index is 13.5. The fraction of sp³-hybridized carbons (Fsp3) is 0.448. The lowest BCUT2D eigenvalue weighted by Gasteiger charge is -2.25. The second kappa shape index (κ2) is 11.2. The van der Waals surface area contributed by atoms with Gasteiger partial charge in [0.15, 0.2) is 0 Å². The number of carbonyl (C=O) groups excluding carboxylic acids is 1. The van der Waals surface area contributed by atoms with Gasteiger partial charge in [-0.25, -0.2) is 19.2 Å². The van der Waals surface area contributed by atoms with Crippen LogP contribution >= 0.6 is 11.6 Å². The third-order valence-corrected chi connectivity index (χ3v) is 6.45. The molecule has 3 aromatic rings. The first kappa shape index (κ1) is 27.8. The highest BCUT2D eigenvalue weighted by Crippen LogP contribution is 2.41. The van der Waals surface area contributed by atoms with Gasteiger partial charge in [-0.05, 0) is 75.8 Å². The van der Waals surface area contributed by atoms with E-state index in [0.717, 1.165) is 47.5 Å². The molecule has 0 radical (unpaired) electrons. The second-order valence-electron chi connectivity index (χ2n) is 11.2. The summed E-state index contributed by atoms with van der Waals surface area (Å²) in [5.41, 5.74) is 3.67. The van der Waals surface area contributed by atoms with Crippen molar-refractivity contribution in [1.82, 2.24) is 15.0 Å². The van der Waals surface area contributed by atoms with Crippen molar-refractivity contribution in [3.8, 4) is 5.88 Å². The lowest BCUT2D eigenvalue weighted by molar-refractivity contribution is 0.0579. The van der Waals surface area contributed by atoms with Gasteiger partial charge in [-0.1, -0.05) is 37.6 Å². The number of rotatable bonds is 8. The molecule has 2 aromatic heterocycles. The molecule has 1 aliphatic rings. The molecule has 7 nitrogen and oxygen atoms in total. The first-order valence-corrected chi connectivity index (χ1v) is 13.2. The van der Waals surface area contributed by atoms with Gasteiger partial charge in [-0.15, -0.1) is 0 Å². The zero-order chi connectivity index (χ0) is 27.5. The van der Waals surface area contributed by atoms with Crippen LogP contribution in [0, 0.1) is 5.82 Å². The fourth-order valence-electron chi connectivity index (χ4n) is 4.48. The number of aryl methyl sites for hydroxylation is 1. The summed E-state index contributed by atoms with van der Waals surface area (Å²) in [6, 6.07) is 10.1. The number of anilines is 1. The number of pyridine rings is 1. The van der Waals surface area contributed by atoms with Gasteiger partial charge >= 0.3 is 6.09 Å². The molecule has 1 amide bonds. The Bertz CT molecular complexity index is 1290. The maximum atomic E-state index is 13.5. The van der Waals surface area contributed by atoms with E-state index in [1.807, 2.05) is 20.8 Å². The zero-order valence-electron chi connectivity index (χ0n) is 22.6. The SMILES string of the molecule is CC(C)(C)OC(=O)N1CC(C)(C)c2nc(CCCCOc3cc(Cl)ncn3)c(Cc3ccc(F)cc3)cc21. The van der Waals surface area contributed by atoms with Crippen molar-refractivity contribution in [1.29, 1.82) is 0 Å². The average molecular weight is 541 g/mol. The molecule has 9 heteroatoms. The highest BCUT2D eigenvalue weighted by atomic mass is 35.5. The Kier molecular flexibility index (Phi) is 8.21. The number of aromatic nitrogens is 3. The number of amides is 1. The number of benzene rings is 1. The number of ether oxygens (including phenoxy) is 2. The third-order valence-electron chi connectivity index (χ3n) is 6.24. The van der Waals surface area contributed by atoms with Crippen molar-refractivity contribution in [2.45, 2.75) is 71.3 Å². The van der Waals surface area contributed by atoms with E-state index in [1.54, 1.807) is 23.1 Å². The summed E-state index contributed by atoms with van der Waals surface area (Å²) in [6.45, 7) is 10.7. The van der Waals surface area contributed by atoms with Crippen LogP contribution in [0.1, 0.15) is 70.0 Å². The fourth-order valence-corrected chi connectivity index (χ4v) is 4.62. The summed E-state index contributed by atoms with van der Waals surface area (Å²) in [6.07, 6.45) is 3.94. The minimum Gasteiger partial charge on any atom is -0.478 e. The minimum absolute atomic E-state index is 0.274. The van der Waals surface area contributed by atoms with E-state index in [2.05, 4.69) is 29.9 Å². The van der Waals surface area contributed by atoms with E-state index in [4.69, 9.17) is 26.1 Å². The molecule has 0 atom stereocenters.